The van der Waals surface area contributed by atoms with E-state index in [0.29, 0.717) is 54.2 Å². The minimum Gasteiger partial charge on any atom is -0.497 e. The molecule has 1 fully saturated rings. The summed E-state index contributed by atoms with van der Waals surface area (Å²) in [6, 6.07) is 12.8. The van der Waals surface area contributed by atoms with Gasteiger partial charge in [-0.2, -0.15) is 5.10 Å². The standard InChI is InChI=1S/C21H22Cl2N4O3/c1-29-16-5-2-14(3-6-16)20-13-18(21(28)25-26-8-10-30-11-9-26)24-27(20)19-7-4-15(22)12-17(19)23/h2-7,12,20H,8-11,13H2,1H3,(H,25,28). The van der Waals surface area contributed by atoms with E-state index in [2.05, 4.69) is 10.5 Å². The molecular formula is C21H22Cl2N4O3. The number of methoxy groups -OCH3 is 1. The highest BCUT2D eigenvalue weighted by molar-refractivity contribution is 6.40. The first-order valence-electron chi connectivity index (χ1n) is 9.64. The molecule has 9 heteroatoms. The first kappa shape index (κ1) is 20.9. The fraction of sp³-hybridized carbons (Fsp3) is 0.333. The van der Waals surface area contributed by atoms with Gasteiger partial charge in [0.25, 0.3) is 5.91 Å². The van der Waals surface area contributed by atoms with Crippen LogP contribution in [0.5, 0.6) is 5.75 Å². The molecule has 0 aromatic heterocycles. The second kappa shape index (κ2) is 9.22. The minimum atomic E-state index is -0.219. The van der Waals surface area contributed by atoms with Crippen LogP contribution in [0.4, 0.5) is 5.69 Å². The zero-order valence-electron chi connectivity index (χ0n) is 16.5. The first-order valence-corrected chi connectivity index (χ1v) is 10.4. The molecule has 0 bridgehead atoms. The minimum absolute atomic E-state index is 0.181. The molecule has 0 spiro atoms. The van der Waals surface area contributed by atoms with Gasteiger partial charge in [0.1, 0.15) is 11.5 Å². The lowest BCUT2D eigenvalue weighted by Crippen LogP contribution is -2.50. The number of nitrogens with zero attached hydrogens (tertiary/aromatic N) is 3. The van der Waals surface area contributed by atoms with E-state index < -0.39 is 0 Å². The van der Waals surface area contributed by atoms with Crippen LogP contribution >= 0.6 is 23.2 Å². The number of morpholine rings is 1. The Balaban J connectivity index is 1.62. The predicted molar refractivity (Wildman–Crippen MR) is 117 cm³/mol. The Morgan fingerprint density at radius 2 is 1.90 bits per heavy atom. The average Bonchev–Trinajstić information content (AvgIpc) is 3.20. The molecule has 0 radical (unpaired) electrons. The molecule has 2 aromatic rings. The summed E-state index contributed by atoms with van der Waals surface area (Å²) in [7, 11) is 1.63. The van der Waals surface area contributed by atoms with Crippen LogP contribution in [0.2, 0.25) is 10.0 Å². The average molecular weight is 449 g/mol. The zero-order chi connectivity index (χ0) is 21.1. The molecule has 30 heavy (non-hydrogen) atoms. The van der Waals surface area contributed by atoms with Crippen LogP contribution in [0, 0.1) is 0 Å². The second-order valence-electron chi connectivity index (χ2n) is 7.02. The van der Waals surface area contributed by atoms with Gasteiger partial charge < -0.3 is 9.47 Å². The monoisotopic (exact) mass is 448 g/mol. The number of anilines is 1. The van der Waals surface area contributed by atoms with Crippen LogP contribution in [0.25, 0.3) is 0 Å². The largest absolute Gasteiger partial charge is 0.497 e. The molecule has 1 atom stereocenters. The summed E-state index contributed by atoms with van der Waals surface area (Å²) in [5, 5.41) is 9.29. The van der Waals surface area contributed by atoms with E-state index in [0.717, 1.165) is 11.3 Å². The molecule has 0 aliphatic carbocycles. The van der Waals surface area contributed by atoms with E-state index in [1.807, 2.05) is 35.3 Å². The molecule has 0 saturated carbocycles. The molecule has 1 N–H and O–H groups in total. The Bertz CT molecular complexity index is 946. The fourth-order valence-corrected chi connectivity index (χ4v) is 4.00. The number of benzene rings is 2. The quantitative estimate of drug-likeness (QED) is 0.755. The van der Waals surface area contributed by atoms with Crippen molar-refractivity contribution < 1.29 is 14.3 Å². The van der Waals surface area contributed by atoms with Crippen molar-refractivity contribution in [2.45, 2.75) is 12.5 Å². The topological polar surface area (TPSA) is 66.4 Å². The number of hydrogen-bond acceptors (Lipinski definition) is 6. The molecule has 4 rings (SSSR count). The molecule has 1 saturated heterocycles. The van der Waals surface area contributed by atoms with Crippen molar-refractivity contribution in [2.75, 3.05) is 38.4 Å². The number of hydrazone groups is 1. The highest BCUT2D eigenvalue weighted by atomic mass is 35.5. The maximum atomic E-state index is 12.9. The number of carbonyl (C=O) groups excluding carboxylic acids is 1. The molecule has 1 amide bonds. The van der Waals surface area contributed by atoms with E-state index in [9.17, 15) is 4.79 Å². The molecule has 2 aromatic carbocycles. The summed E-state index contributed by atoms with van der Waals surface area (Å²) in [6.07, 6.45) is 0.446. The van der Waals surface area contributed by atoms with Gasteiger partial charge in [-0.3, -0.25) is 15.2 Å². The fourth-order valence-electron chi connectivity index (χ4n) is 3.51. The van der Waals surface area contributed by atoms with Gasteiger partial charge in [0.2, 0.25) is 0 Å². The Kier molecular flexibility index (Phi) is 6.43. The van der Waals surface area contributed by atoms with Gasteiger partial charge in [0, 0.05) is 24.5 Å². The van der Waals surface area contributed by atoms with Gasteiger partial charge in [0.05, 0.1) is 37.1 Å². The van der Waals surface area contributed by atoms with Crippen LogP contribution < -0.4 is 15.2 Å². The Hall–Kier alpha value is -2.32. The SMILES string of the molecule is COc1ccc(C2CC(C(=O)NN3CCOCC3)=NN2c2ccc(Cl)cc2Cl)cc1. The van der Waals surface area contributed by atoms with Gasteiger partial charge in [-0.25, -0.2) is 5.01 Å². The Morgan fingerprint density at radius 1 is 1.17 bits per heavy atom. The predicted octanol–water partition coefficient (Wildman–Crippen LogP) is 3.67. The zero-order valence-corrected chi connectivity index (χ0v) is 18.0. The van der Waals surface area contributed by atoms with Crippen LogP contribution in [0.15, 0.2) is 47.6 Å². The summed E-state index contributed by atoms with van der Waals surface area (Å²) >= 11 is 12.5. The third-order valence-corrected chi connectivity index (χ3v) is 5.64. The number of hydrogen-bond donors (Lipinski definition) is 1. The van der Waals surface area contributed by atoms with E-state index in [1.165, 1.54) is 0 Å². The molecule has 158 valence electrons. The normalized spacial score (nSPS) is 19.5. The van der Waals surface area contributed by atoms with Crippen molar-refractivity contribution >= 4 is 40.5 Å². The highest BCUT2D eigenvalue weighted by Gasteiger charge is 2.34. The van der Waals surface area contributed by atoms with Crippen LogP contribution in [-0.2, 0) is 9.53 Å². The number of carbonyl (C=O) groups is 1. The van der Waals surface area contributed by atoms with E-state index in [-0.39, 0.29) is 11.9 Å². The third-order valence-electron chi connectivity index (χ3n) is 5.10. The smallest absolute Gasteiger partial charge is 0.281 e. The number of amides is 1. The molecular weight excluding hydrogens is 427 g/mol. The lowest BCUT2D eigenvalue weighted by Gasteiger charge is -2.26. The highest BCUT2D eigenvalue weighted by Crippen LogP contribution is 2.40. The lowest BCUT2D eigenvalue weighted by atomic mass is 10.0. The first-order chi connectivity index (χ1) is 14.5. The third kappa shape index (κ3) is 4.54. The number of rotatable bonds is 5. The molecule has 7 nitrogen and oxygen atoms in total. The molecule has 2 aliphatic rings. The van der Waals surface area contributed by atoms with Crippen LogP contribution in [0.3, 0.4) is 0 Å². The number of ether oxygens (including phenoxy) is 2. The van der Waals surface area contributed by atoms with Crippen molar-refractivity contribution in [3.8, 4) is 5.75 Å². The van der Waals surface area contributed by atoms with Crippen molar-refractivity contribution in [3.05, 3.63) is 58.1 Å². The Labute approximate surface area is 185 Å². The number of hydrazine groups is 1. The summed E-state index contributed by atoms with van der Waals surface area (Å²) in [5.74, 6) is 0.544. The van der Waals surface area contributed by atoms with Gasteiger partial charge in [-0.05, 0) is 35.9 Å². The van der Waals surface area contributed by atoms with Gasteiger partial charge in [-0.15, -0.1) is 0 Å². The van der Waals surface area contributed by atoms with E-state index in [4.69, 9.17) is 32.7 Å². The lowest BCUT2D eigenvalue weighted by molar-refractivity contribution is -0.121. The summed E-state index contributed by atoms with van der Waals surface area (Å²) in [4.78, 5) is 12.9. The van der Waals surface area contributed by atoms with E-state index in [1.54, 1.807) is 24.3 Å². The maximum Gasteiger partial charge on any atom is 0.281 e. The van der Waals surface area contributed by atoms with Crippen molar-refractivity contribution in [1.82, 2.24) is 10.4 Å². The summed E-state index contributed by atoms with van der Waals surface area (Å²) in [6.45, 7) is 2.47. The summed E-state index contributed by atoms with van der Waals surface area (Å²) in [5.41, 5.74) is 5.06. The molecule has 2 heterocycles. The van der Waals surface area contributed by atoms with Crippen LogP contribution in [-0.4, -0.2) is 50.0 Å². The molecule has 2 aliphatic heterocycles. The maximum absolute atomic E-state index is 12.9. The molecule has 1 unspecified atom stereocenters. The Morgan fingerprint density at radius 3 is 2.57 bits per heavy atom. The van der Waals surface area contributed by atoms with Gasteiger partial charge in [-0.1, -0.05) is 35.3 Å². The van der Waals surface area contributed by atoms with Crippen molar-refractivity contribution in [2.24, 2.45) is 5.10 Å². The number of halogens is 2. The van der Waals surface area contributed by atoms with E-state index >= 15 is 0 Å². The number of nitrogens with one attached hydrogen (secondary N) is 1. The second-order valence-corrected chi connectivity index (χ2v) is 7.86. The van der Waals surface area contributed by atoms with Gasteiger partial charge >= 0.3 is 0 Å². The van der Waals surface area contributed by atoms with Crippen LogP contribution in [0.1, 0.15) is 18.0 Å². The van der Waals surface area contributed by atoms with Crippen molar-refractivity contribution in [1.29, 1.82) is 0 Å². The van der Waals surface area contributed by atoms with Gasteiger partial charge in [0.15, 0.2) is 0 Å². The summed E-state index contributed by atoms with van der Waals surface area (Å²) < 4.78 is 10.6. The van der Waals surface area contributed by atoms with Crippen molar-refractivity contribution in [3.63, 3.8) is 0 Å².